The molecule has 242 valence electrons. The zero-order valence-corrected chi connectivity index (χ0v) is 25.4. The molecule has 1 saturated heterocycles. The molecule has 0 aliphatic carbocycles. The first-order valence-electron chi connectivity index (χ1n) is 14.5. The molecule has 2 aromatic carbocycles. The van der Waals surface area contributed by atoms with E-state index in [1.54, 1.807) is 4.68 Å². The van der Waals surface area contributed by atoms with Crippen molar-refractivity contribution < 1.29 is 41.4 Å². The summed E-state index contributed by atoms with van der Waals surface area (Å²) in [4.78, 5) is 26.2. The summed E-state index contributed by atoms with van der Waals surface area (Å²) in [5, 5.41) is 27.2. The number of β-amino-alcohol motifs (C(OH)–C–C–N with tert-alkyl or cyclic N) is 1. The molecular formula is C30H34F3N5O6S. The number of nitrogens with one attached hydrogen (secondary N) is 1. The van der Waals surface area contributed by atoms with E-state index in [-0.39, 0.29) is 36.3 Å². The molecule has 1 unspecified atom stereocenters. The number of aliphatic hydroxyl groups is 1. The number of likely N-dealkylation sites (tertiary alicyclic amines) is 1. The van der Waals surface area contributed by atoms with Gasteiger partial charge < -0.3 is 20.4 Å². The number of halogens is 3. The van der Waals surface area contributed by atoms with Crippen LogP contribution in [0, 0.1) is 0 Å². The molecule has 3 N–H and O–H groups in total. The van der Waals surface area contributed by atoms with Crippen molar-refractivity contribution in [2.45, 2.75) is 51.2 Å². The molecule has 3 heterocycles. The van der Waals surface area contributed by atoms with Gasteiger partial charge in [-0.15, -0.1) is 0 Å². The summed E-state index contributed by atoms with van der Waals surface area (Å²) in [7, 11) is -3.58. The molecule has 1 fully saturated rings. The summed E-state index contributed by atoms with van der Waals surface area (Å²) >= 11 is 0. The van der Waals surface area contributed by atoms with Gasteiger partial charge in [0.15, 0.2) is 0 Å². The van der Waals surface area contributed by atoms with Crippen LogP contribution in [0.25, 0.3) is 11.3 Å². The summed E-state index contributed by atoms with van der Waals surface area (Å²) < 4.78 is 69.8. The van der Waals surface area contributed by atoms with Gasteiger partial charge in [-0.3, -0.25) is 9.48 Å². The smallest absolute Gasteiger partial charge is 0.416 e. The van der Waals surface area contributed by atoms with Crippen LogP contribution in [0.3, 0.4) is 0 Å². The summed E-state index contributed by atoms with van der Waals surface area (Å²) in [5.74, 6) is -2.01. The topological polar surface area (TPSA) is 145 Å². The number of hydrogen-bond acceptors (Lipinski definition) is 7. The third-order valence-electron chi connectivity index (χ3n) is 8.11. The molecule has 5 rings (SSSR count). The van der Waals surface area contributed by atoms with E-state index in [0.29, 0.717) is 35.5 Å². The number of fused-ring (bicyclic) bond motifs is 1. The summed E-state index contributed by atoms with van der Waals surface area (Å²) in [5.41, 5.74) is 0.435. The number of carboxylic acid groups (broad SMARTS) is 1. The Labute approximate surface area is 258 Å². The van der Waals surface area contributed by atoms with E-state index in [2.05, 4.69) is 15.3 Å². The van der Waals surface area contributed by atoms with Crippen LogP contribution in [0.1, 0.15) is 55.9 Å². The molecule has 0 radical (unpaired) electrons. The first-order chi connectivity index (χ1) is 21.2. The van der Waals surface area contributed by atoms with Gasteiger partial charge in [-0.2, -0.15) is 22.6 Å². The first kappa shape index (κ1) is 32.6. The quantitative estimate of drug-likeness (QED) is 0.304. The van der Waals surface area contributed by atoms with E-state index < -0.39 is 46.3 Å². The lowest BCUT2D eigenvalue weighted by Gasteiger charge is -2.26. The van der Waals surface area contributed by atoms with Crippen molar-refractivity contribution in [1.29, 1.82) is 0 Å². The number of nitrogens with zero attached hydrogens (tertiary/aromatic N) is 4. The Hall–Kier alpha value is -3.79. The lowest BCUT2D eigenvalue weighted by molar-refractivity contribution is -0.138. The second-order valence-electron chi connectivity index (χ2n) is 11.4. The molecule has 15 heteroatoms. The average molecular weight is 650 g/mol. The molecule has 2 aliphatic heterocycles. The second-order valence-corrected chi connectivity index (χ2v) is 13.4. The lowest BCUT2D eigenvalue weighted by atomic mass is 9.97. The molecule has 11 nitrogen and oxygen atoms in total. The van der Waals surface area contributed by atoms with E-state index in [9.17, 15) is 41.4 Å². The maximum atomic E-state index is 14.0. The van der Waals surface area contributed by atoms with E-state index in [0.717, 1.165) is 44.3 Å². The van der Waals surface area contributed by atoms with Gasteiger partial charge in [-0.05, 0) is 61.8 Å². The van der Waals surface area contributed by atoms with E-state index in [1.165, 1.54) is 34.6 Å². The van der Waals surface area contributed by atoms with Crippen LogP contribution in [0.15, 0.2) is 42.5 Å². The van der Waals surface area contributed by atoms with E-state index in [1.807, 2.05) is 0 Å². The molecule has 0 spiro atoms. The Balaban J connectivity index is 1.48. The number of rotatable bonds is 10. The highest BCUT2D eigenvalue weighted by molar-refractivity contribution is 7.88. The molecule has 0 saturated carbocycles. The van der Waals surface area contributed by atoms with Crippen molar-refractivity contribution in [1.82, 2.24) is 24.3 Å². The number of carboxylic acids is 1. The molecule has 1 amide bonds. The lowest BCUT2D eigenvalue weighted by Crippen LogP contribution is -2.37. The largest absolute Gasteiger partial charge is 0.478 e. The molecule has 2 aliphatic rings. The Morgan fingerprint density at radius 1 is 1.04 bits per heavy atom. The van der Waals surface area contributed by atoms with Crippen molar-refractivity contribution >= 4 is 21.9 Å². The van der Waals surface area contributed by atoms with Gasteiger partial charge in [-0.25, -0.2) is 13.2 Å². The summed E-state index contributed by atoms with van der Waals surface area (Å²) in [6.07, 6.45) is -1.99. The molecule has 1 atom stereocenters. The fourth-order valence-electron chi connectivity index (χ4n) is 5.89. The maximum Gasteiger partial charge on any atom is 0.416 e. The number of amides is 1. The molecule has 45 heavy (non-hydrogen) atoms. The highest BCUT2D eigenvalue weighted by atomic mass is 32.2. The molecule has 0 bridgehead atoms. The van der Waals surface area contributed by atoms with Crippen LogP contribution in [0.2, 0.25) is 0 Å². The van der Waals surface area contributed by atoms with Gasteiger partial charge in [0.2, 0.25) is 10.0 Å². The normalized spacial score (nSPS) is 16.8. The van der Waals surface area contributed by atoms with Gasteiger partial charge in [0.05, 0.1) is 35.7 Å². The number of aromatic nitrogens is 2. The van der Waals surface area contributed by atoms with Crippen molar-refractivity contribution in [2.24, 2.45) is 0 Å². The fraction of sp³-hybridized carbons (Fsp3) is 0.433. The highest BCUT2D eigenvalue weighted by Crippen LogP contribution is 2.37. The standard InChI is InChI=1S/C30H34F3N5O6S/c1-45(43,44)37-12-9-26-24(18-37)27(35-38(26)17-23(39)16-36-10-2-3-11-36)19-7-8-25(30(31,32)33)22(13-19)15-34-28(40)20-5-4-6-21(14-20)29(41)42/h4-8,13-14,23,39H,2-3,9-12,15-18H2,1H3,(H,34,40)(H,41,42). The molecular weight excluding hydrogens is 615 g/mol. The van der Waals surface area contributed by atoms with Gasteiger partial charge in [0, 0.05) is 55.0 Å². The number of aliphatic hydroxyl groups excluding tert-OH is 1. The minimum absolute atomic E-state index is 0.0271. The number of benzene rings is 2. The van der Waals surface area contributed by atoms with Gasteiger partial charge in [0.25, 0.3) is 5.91 Å². The second kappa shape index (κ2) is 12.9. The Morgan fingerprint density at radius 2 is 1.76 bits per heavy atom. The van der Waals surface area contributed by atoms with Crippen LogP contribution in [0.5, 0.6) is 0 Å². The van der Waals surface area contributed by atoms with Crippen LogP contribution in [0.4, 0.5) is 13.2 Å². The van der Waals surface area contributed by atoms with Crippen LogP contribution < -0.4 is 5.32 Å². The van der Waals surface area contributed by atoms with E-state index in [4.69, 9.17) is 0 Å². The zero-order chi connectivity index (χ0) is 32.5. The van der Waals surface area contributed by atoms with Crippen molar-refractivity contribution in [2.75, 3.05) is 32.4 Å². The van der Waals surface area contributed by atoms with Crippen molar-refractivity contribution in [3.63, 3.8) is 0 Å². The van der Waals surface area contributed by atoms with Crippen LogP contribution in [-0.2, 0) is 42.3 Å². The van der Waals surface area contributed by atoms with Gasteiger partial charge in [0.1, 0.15) is 0 Å². The first-order valence-corrected chi connectivity index (χ1v) is 16.3. The Bertz CT molecular complexity index is 1700. The van der Waals surface area contributed by atoms with Gasteiger partial charge in [-0.1, -0.05) is 12.1 Å². The van der Waals surface area contributed by atoms with E-state index >= 15 is 0 Å². The van der Waals surface area contributed by atoms with Gasteiger partial charge >= 0.3 is 12.1 Å². The SMILES string of the molecule is CS(=O)(=O)N1CCc2c(c(-c3ccc(C(F)(F)F)c(CNC(=O)c4cccc(C(=O)O)c4)c3)nn2CC(O)CN2CCCC2)C1. The Kier molecular flexibility index (Phi) is 9.35. The number of alkyl halides is 3. The van der Waals surface area contributed by atoms with Crippen LogP contribution >= 0.6 is 0 Å². The third kappa shape index (κ3) is 7.54. The molecule has 3 aromatic rings. The maximum absolute atomic E-state index is 14.0. The number of hydrogen-bond donors (Lipinski definition) is 3. The Morgan fingerprint density at radius 3 is 2.42 bits per heavy atom. The van der Waals surface area contributed by atoms with Crippen molar-refractivity contribution in [3.8, 4) is 11.3 Å². The monoisotopic (exact) mass is 649 g/mol. The minimum Gasteiger partial charge on any atom is -0.478 e. The summed E-state index contributed by atoms with van der Waals surface area (Å²) in [6.45, 7) is 2.00. The predicted molar refractivity (Wildman–Crippen MR) is 158 cm³/mol. The van der Waals surface area contributed by atoms with Crippen molar-refractivity contribution in [3.05, 3.63) is 76.0 Å². The highest BCUT2D eigenvalue weighted by Gasteiger charge is 2.35. The number of carbonyl (C=O) groups is 2. The minimum atomic E-state index is -4.74. The number of carbonyl (C=O) groups excluding carboxylic acids is 1. The average Bonchev–Trinajstić information content (AvgIpc) is 3.62. The number of aromatic carboxylic acids is 1. The fourth-order valence-corrected chi connectivity index (χ4v) is 6.67. The predicted octanol–water partition coefficient (Wildman–Crippen LogP) is 2.97. The summed E-state index contributed by atoms with van der Waals surface area (Å²) in [6, 6.07) is 8.56. The third-order valence-corrected chi connectivity index (χ3v) is 9.36. The molecule has 1 aromatic heterocycles. The zero-order valence-electron chi connectivity index (χ0n) is 24.5. The number of sulfonamides is 1. The van der Waals surface area contributed by atoms with Crippen LogP contribution in [-0.4, -0.2) is 88.0 Å².